The molecule has 1 aliphatic heterocycles. The fourth-order valence-electron chi connectivity index (χ4n) is 3.18. The number of nitrogens with zero attached hydrogens (tertiary/aromatic N) is 2. The van der Waals surface area contributed by atoms with Gasteiger partial charge in [-0.25, -0.2) is 12.7 Å². The Kier molecular flexibility index (Phi) is 6.67. The lowest BCUT2D eigenvalue weighted by Gasteiger charge is -2.15. The molecule has 1 aromatic heterocycles. The summed E-state index contributed by atoms with van der Waals surface area (Å²) in [6, 6.07) is 12.7. The summed E-state index contributed by atoms with van der Waals surface area (Å²) in [6.07, 6.45) is 1.76. The highest BCUT2D eigenvalue weighted by Crippen LogP contribution is 2.36. The van der Waals surface area contributed by atoms with Gasteiger partial charge in [-0.1, -0.05) is 18.2 Å². The van der Waals surface area contributed by atoms with E-state index in [-0.39, 0.29) is 19.2 Å². The minimum atomic E-state index is -3.50. The van der Waals surface area contributed by atoms with E-state index in [9.17, 15) is 8.42 Å². The molecule has 30 heavy (non-hydrogen) atoms. The van der Waals surface area contributed by atoms with Crippen LogP contribution >= 0.6 is 12.4 Å². The molecule has 2 heterocycles. The maximum absolute atomic E-state index is 12.5. The fourth-order valence-corrected chi connectivity index (χ4v) is 4.29. The number of nitrogens with one attached hydrogen (secondary N) is 2. The first kappa shape index (κ1) is 22.1. The Balaban J connectivity index is 0.00000256. The van der Waals surface area contributed by atoms with Gasteiger partial charge in [-0.2, -0.15) is 5.10 Å². The van der Waals surface area contributed by atoms with Gasteiger partial charge in [0.1, 0.15) is 0 Å². The molecule has 0 fully saturated rings. The van der Waals surface area contributed by atoms with Gasteiger partial charge in [-0.3, -0.25) is 5.10 Å². The fraction of sp³-hybridized carbons (Fsp3) is 0.250. The summed E-state index contributed by atoms with van der Waals surface area (Å²) in [6.45, 7) is 1.16. The summed E-state index contributed by atoms with van der Waals surface area (Å²) >= 11 is 0. The molecule has 0 atom stereocenters. The highest BCUT2D eigenvalue weighted by atomic mass is 35.5. The second-order valence-corrected chi connectivity index (χ2v) is 8.96. The van der Waals surface area contributed by atoms with E-state index in [1.807, 2.05) is 30.3 Å². The summed E-state index contributed by atoms with van der Waals surface area (Å²) in [5.41, 5.74) is 3.51. The van der Waals surface area contributed by atoms with Gasteiger partial charge in [-0.05, 0) is 29.8 Å². The van der Waals surface area contributed by atoms with E-state index >= 15 is 0 Å². The van der Waals surface area contributed by atoms with Crippen molar-refractivity contribution >= 4 is 22.4 Å². The minimum Gasteiger partial charge on any atom is -0.454 e. The van der Waals surface area contributed by atoms with Crippen molar-refractivity contribution in [1.82, 2.24) is 19.8 Å². The average molecular weight is 451 g/mol. The molecular formula is C20H23ClN4O4S. The van der Waals surface area contributed by atoms with Crippen molar-refractivity contribution in [2.45, 2.75) is 18.0 Å². The largest absolute Gasteiger partial charge is 0.454 e. The molecule has 1 aliphatic rings. The van der Waals surface area contributed by atoms with Crippen LogP contribution in [-0.2, 0) is 23.1 Å². The Morgan fingerprint density at radius 1 is 1.07 bits per heavy atom. The molecule has 2 N–H and O–H groups in total. The van der Waals surface area contributed by atoms with Gasteiger partial charge in [0.2, 0.25) is 16.8 Å². The molecule has 0 bridgehead atoms. The van der Waals surface area contributed by atoms with Crippen LogP contribution in [0.5, 0.6) is 11.5 Å². The van der Waals surface area contributed by atoms with Crippen LogP contribution in [0.25, 0.3) is 11.3 Å². The van der Waals surface area contributed by atoms with Crippen LogP contribution < -0.4 is 14.8 Å². The zero-order valence-electron chi connectivity index (χ0n) is 16.6. The zero-order chi connectivity index (χ0) is 20.4. The van der Waals surface area contributed by atoms with Crippen LogP contribution in [0, 0.1) is 0 Å². The molecule has 0 radical (unpaired) electrons. The summed E-state index contributed by atoms with van der Waals surface area (Å²) in [7, 11) is -0.439. The lowest BCUT2D eigenvalue weighted by atomic mass is 10.1. The Morgan fingerprint density at radius 3 is 2.60 bits per heavy atom. The normalized spacial score (nSPS) is 12.8. The molecule has 0 unspecified atom stereocenters. The van der Waals surface area contributed by atoms with Crippen molar-refractivity contribution in [2.75, 3.05) is 20.9 Å². The number of benzene rings is 2. The average Bonchev–Trinajstić information content (AvgIpc) is 3.36. The molecule has 4 rings (SSSR count). The van der Waals surface area contributed by atoms with Gasteiger partial charge in [0.05, 0.1) is 16.8 Å². The number of aromatic amines is 1. The summed E-state index contributed by atoms with van der Waals surface area (Å²) < 4.78 is 37.1. The molecule has 0 saturated heterocycles. The van der Waals surface area contributed by atoms with E-state index in [0.717, 1.165) is 22.6 Å². The number of ether oxygens (including phenoxy) is 2. The number of H-pyrrole nitrogens is 1. The lowest BCUT2D eigenvalue weighted by Crippen LogP contribution is -2.24. The summed E-state index contributed by atoms with van der Waals surface area (Å²) in [4.78, 5) is 0.306. The first-order valence-electron chi connectivity index (χ1n) is 9.10. The molecule has 0 amide bonds. The van der Waals surface area contributed by atoms with Crippen molar-refractivity contribution in [1.29, 1.82) is 0 Å². The lowest BCUT2D eigenvalue weighted by molar-refractivity contribution is 0.174. The zero-order valence-corrected chi connectivity index (χ0v) is 18.2. The van der Waals surface area contributed by atoms with E-state index in [1.54, 1.807) is 18.3 Å². The van der Waals surface area contributed by atoms with Crippen molar-refractivity contribution < 1.29 is 17.9 Å². The van der Waals surface area contributed by atoms with Gasteiger partial charge in [0, 0.05) is 38.3 Å². The van der Waals surface area contributed by atoms with E-state index < -0.39 is 10.0 Å². The molecule has 0 saturated carbocycles. The maximum atomic E-state index is 12.5. The monoisotopic (exact) mass is 450 g/mol. The number of aromatic nitrogens is 2. The van der Waals surface area contributed by atoms with E-state index in [1.165, 1.54) is 18.4 Å². The Bertz CT molecular complexity index is 1130. The third-order valence-corrected chi connectivity index (χ3v) is 6.66. The maximum Gasteiger partial charge on any atom is 0.242 e. The number of rotatable bonds is 7. The first-order chi connectivity index (χ1) is 14.0. The minimum absolute atomic E-state index is 0. The molecule has 3 aromatic rings. The Hall–Kier alpha value is -2.59. The third kappa shape index (κ3) is 4.29. The number of sulfonamides is 1. The second-order valence-electron chi connectivity index (χ2n) is 6.84. The molecule has 0 spiro atoms. The Labute approximate surface area is 181 Å². The van der Waals surface area contributed by atoms with Crippen LogP contribution in [0.4, 0.5) is 0 Å². The van der Waals surface area contributed by atoms with Gasteiger partial charge in [-0.15, -0.1) is 12.4 Å². The second kappa shape index (κ2) is 9.05. The molecule has 8 nitrogen and oxygen atoms in total. The predicted molar refractivity (Wildman–Crippen MR) is 115 cm³/mol. The van der Waals surface area contributed by atoms with Crippen LogP contribution in [-0.4, -0.2) is 43.8 Å². The third-order valence-electron chi connectivity index (χ3n) is 4.74. The highest BCUT2D eigenvalue weighted by molar-refractivity contribution is 7.89. The van der Waals surface area contributed by atoms with E-state index in [0.29, 0.717) is 29.3 Å². The Morgan fingerprint density at radius 2 is 1.80 bits per heavy atom. The van der Waals surface area contributed by atoms with Crippen molar-refractivity contribution in [3.05, 3.63) is 59.8 Å². The van der Waals surface area contributed by atoms with Crippen molar-refractivity contribution in [3.8, 4) is 22.8 Å². The first-order valence-corrected chi connectivity index (χ1v) is 10.5. The van der Waals surface area contributed by atoms with Crippen LogP contribution in [0.15, 0.2) is 53.6 Å². The van der Waals surface area contributed by atoms with Crippen LogP contribution in [0.1, 0.15) is 11.1 Å². The smallest absolute Gasteiger partial charge is 0.242 e. The molecular weight excluding hydrogens is 428 g/mol. The number of halogens is 1. The van der Waals surface area contributed by atoms with Crippen LogP contribution in [0.2, 0.25) is 0 Å². The SMILES string of the molecule is CN(C)S(=O)(=O)c1ccccc1CNCc1cn[nH]c1-c1ccc2c(c1)OCO2.Cl. The van der Waals surface area contributed by atoms with Gasteiger partial charge >= 0.3 is 0 Å². The number of fused-ring (bicyclic) bond motifs is 1. The van der Waals surface area contributed by atoms with Gasteiger partial charge < -0.3 is 14.8 Å². The quantitative estimate of drug-likeness (QED) is 0.574. The topological polar surface area (TPSA) is 96.6 Å². The van der Waals surface area contributed by atoms with Crippen LogP contribution in [0.3, 0.4) is 0 Å². The van der Waals surface area contributed by atoms with Crippen molar-refractivity contribution in [2.24, 2.45) is 0 Å². The van der Waals surface area contributed by atoms with Gasteiger partial charge in [0.25, 0.3) is 0 Å². The molecule has 2 aromatic carbocycles. The number of hydrogen-bond donors (Lipinski definition) is 2. The number of hydrogen-bond acceptors (Lipinski definition) is 6. The summed E-state index contributed by atoms with van der Waals surface area (Å²) in [5.74, 6) is 1.44. The van der Waals surface area contributed by atoms with E-state index in [2.05, 4.69) is 15.5 Å². The standard InChI is InChI=1S/C20H22N4O4S.ClH/c1-24(2)29(25,26)19-6-4-3-5-15(19)10-21-11-16-12-22-23-20(16)14-7-8-17-18(9-14)28-13-27-17;/h3-9,12,21H,10-11,13H2,1-2H3,(H,22,23);1H. The molecule has 160 valence electrons. The predicted octanol–water partition coefficient (Wildman–Crippen LogP) is 2.77. The van der Waals surface area contributed by atoms with E-state index in [4.69, 9.17) is 9.47 Å². The van der Waals surface area contributed by atoms with Gasteiger partial charge in [0.15, 0.2) is 11.5 Å². The highest BCUT2D eigenvalue weighted by Gasteiger charge is 2.20. The molecule has 0 aliphatic carbocycles. The summed E-state index contributed by atoms with van der Waals surface area (Å²) in [5, 5.41) is 10.5. The van der Waals surface area contributed by atoms with Crippen molar-refractivity contribution in [3.63, 3.8) is 0 Å². The molecule has 10 heteroatoms.